The van der Waals surface area contributed by atoms with Crippen molar-refractivity contribution in [3.63, 3.8) is 0 Å². The van der Waals surface area contributed by atoms with Crippen LogP contribution >= 0.6 is 0 Å². The molecule has 0 aliphatic heterocycles. The molecule has 8 nitrogen and oxygen atoms in total. The average Bonchev–Trinajstić information content (AvgIpc) is 2.57. The number of nitrogens with one attached hydrogen (secondary N) is 1. The summed E-state index contributed by atoms with van der Waals surface area (Å²) >= 11 is 0. The van der Waals surface area contributed by atoms with Crippen LogP contribution in [0.3, 0.4) is 0 Å². The zero-order valence-electron chi connectivity index (χ0n) is 15.8. The van der Waals surface area contributed by atoms with Crippen LogP contribution in [0.25, 0.3) is 0 Å². The first kappa shape index (κ1) is 23.9. The molecular weight excluding hydrogens is 332 g/mol. The lowest BCUT2D eigenvalue weighted by Crippen LogP contribution is -2.51. The molecule has 2 unspecified atom stereocenters. The highest BCUT2D eigenvalue weighted by Gasteiger charge is 2.46. The highest BCUT2D eigenvalue weighted by molar-refractivity contribution is 6.53. The molecule has 0 saturated carbocycles. The van der Waals surface area contributed by atoms with E-state index >= 15 is 0 Å². The number of hydrogen-bond acceptors (Lipinski definition) is 8. The van der Waals surface area contributed by atoms with Gasteiger partial charge in [-0.2, -0.15) is 0 Å². The fourth-order valence-electron chi connectivity index (χ4n) is 2.07. The monoisotopic (exact) mass is 368 g/mol. The molecule has 0 fully saturated rings. The van der Waals surface area contributed by atoms with Crippen molar-refractivity contribution in [2.75, 3.05) is 40.1 Å². The minimum atomic E-state index is -3.18. The standard InChI is InChI=1S/C15H36N2O6Si/c1-6-19-15(11-10-14(16)12-13-17-20-7-2)23-24(18-5,21-8-3)22-9-4/h14-15,17H,6-13,16H2,1-5H3. The molecule has 0 bridgehead atoms. The van der Waals surface area contributed by atoms with Gasteiger partial charge in [0.2, 0.25) is 0 Å². The first-order chi connectivity index (χ1) is 11.6. The van der Waals surface area contributed by atoms with Gasteiger partial charge in [-0.05, 0) is 47.0 Å². The third kappa shape index (κ3) is 10.7. The summed E-state index contributed by atoms with van der Waals surface area (Å²) in [7, 11) is -1.64. The van der Waals surface area contributed by atoms with Gasteiger partial charge in [0.25, 0.3) is 0 Å². The maximum atomic E-state index is 6.12. The van der Waals surface area contributed by atoms with Crippen molar-refractivity contribution in [2.24, 2.45) is 5.73 Å². The van der Waals surface area contributed by atoms with E-state index in [0.29, 0.717) is 39.4 Å². The zero-order chi connectivity index (χ0) is 18.3. The molecule has 3 N–H and O–H groups in total. The van der Waals surface area contributed by atoms with E-state index in [0.717, 1.165) is 12.8 Å². The van der Waals surface area contributed by atoms with E-state index in [1.165, 1.54) is 7.11 Å². The van der Waals surface area contributed by atoms with Crippen LogP contribution < -0.4 is 11.2 Å². The molecule has 0 aromatic rings. The third-order valence-corrected chi connectivity index (χ3v) is 5.49. The van der Waals surface area contributed by atoms with Gasteiger partial charge < -0.3 is 33.0 Å². The van der Waals surface area contributed by atoms with Gasteiger partial charge in [0.1, 0.15) is 0 Å². The summed E-state index contributed by atoms with van der Waals surface area (Å²) in [5, 5.41) is 0. The third-order valence-electron chi connectivity index (χ3n) is 3.16. The summed E-state index contributed by atoms with van der Waals surface area (Å²) in [6, 6.07) is 0.0299. The molecule has 0 aromatic carbocycles. The van der Waals surface area contributed by atoms with E-state index in [4.69, 9.17) is 33.0 Å². The van der Waals surface area contributed by atoms with Crippen LogP contribution in [0.4, 0.5) is 0 Å². The Balaban J connectivity index is 4.44. The van der Waals surface area contributed by atoms with E-state index in [1.807, 2.05) is 27.7 Å². The van der Waals surface area contributed by atoms with Gasteiger partial charge in [0.05, 0.1) is 6.61 Å². The van der Waals surface area contributed by atoms with E-state index in [9.17, 15) is 0 Å². The molecule has 24 heavy (non-hydrogen) atoms. The zero-order valence-corrected chi connectivity index (χ0v) is 16.8. The summed E-state index contributed by atoms with van der Waals surface area (Å²) in [4.78, 5) is 5.08. The summed E-state index contributed by atoms with van der Waals surface area (Å²) < 4.78 is 28.3. The Kier molecular flexibility index (Phi) is 15.1. The summed E-state index contributed by atoms with van der Waals surface area (Å²) in [6.45, 7) is 10.4. The Morgan fingerprint density at radius 3 is 2.08 bits per heavy atom. The van der Waals surface area contributed by atoms with E-state index in [1.54, 1.807) is 0 Å². The smallest absolute Gasteiger partial charge is 0.355 e. The van der Waals surface area contributed by atoms with Crippen molar-refractivity contribution in [3.8, 4) is 0 Å². The number of ether oxygens (including phenoxy) is 1. The van der Waals surface area contributed by atoms with Crippen molar-refractivity contribution in [1.29, 1.82) is 0 Å². The van der Waals surface area contributed by atoms with Gasteiger partial charge in [0, 0.05) is 39.5 Å². The van der Waals surface area contributed by atoms with Crippen LogP contribution in [0.5, 0.6) is 0 Å². The molecule has 0 saturated heterocycles. The van der Waals surface area contributed by atoms with Crippen molar-refractivity contribution < 1.29 is 27.3 Å². The lowest BCUT2D eigenvalue weighted by atomic mass is 10.1. The fraction of sp³-hybridized carbons (Fsp3) is 1.00. The van der Waals surface area contributed by atoms with Crippen molar-refractivity contribution in [1.82, 2.24) is 5.48 Å². The molecule has 146 valence electrons. The molecule has 9 heteroatoms. The van der Waals surface area contributed by atoms with Gasteiger partial charge in [0.15, 0.2) is 6.29 Å². The number of hydroxylamine groups is 1. The number of rotatable bonds is 17. The van der Waals surface area contributed by atoms with E-state index < -0.39 is 15.3 Å². The molecule has 0 amide bonds. The minimum Gasteiger partial charge on any atom is -0.355 e. The fourth-order valence-corrected chi connectivity index (χ4v) is 3.83. The van der Waals surface area contributed by atoms with Crippen LogP contribution in [0.2, 0.25) is 0 Å². The first-order valence-corrected chi connectivity index (χ1v) is 10.4. The summed E-state index contributed by atoms with van der Waals surface area (Å²) in [6.07, 6.45) is 1.74. The van der Waals surface area contributed by atoms with Crippen LogP contribution in [-0.2, 0) is 27.3 Å². The average molecular weight is 369 g/mol. The molecule has 0 heterocycles. The molecule has 0 rings (SSSR count). The molecule has 0 aliphatic carbocycles. The predicted molar refractivity (Wildman–Crippen MR) is 94.0 cm³/mol. The normalized spacial score (nSPS) is 14.8. The van der Waals surface area contributed by atoms with E-state index in [-0.39, 0.29) is 6.04 Å². The number of nitrogens with two attached hydrogens (primary N) is 1. The van der Waals surface area contributed by atoms with Crippen LogP contribution in [0.15, 0.2) is 0 Å². The summed E-state index contributed by atoms with van der Waals surface area (Å²) in [5.74, 6) is 0. The second kappa shape index (κ2) is 15.2. The SMILES string of the molecule is CCONCCC(N)CCC(OCC)O[Si](OC)(OCC)OCC. The Labute approximate surface area is 147 Å². The quantitative estimate of drug-likeness (QED) is 0.173. The Morgan fingerprint density at radius 1 is 0.917 bits per heavy atom. The highest BCUT2D eigenvalue weighted by Crippen LogP contribution is 2.18. The largest absolute Gasteiger partial charge is 0.681 e. The van der Waals surface area contributed by atoms with Gasteiger partial charge in [-0.1, -0.05) is 0 Å². The molecular formula is C15H36N2O6Si. The van der Waals surface area contributed by atoms with Gasteiger partial charge in [-0.15, -0.1) is 0 Å². The minimum absolute atomic E-state index is 0.0299. The Morgan fingerprint density at radius 2 is 1.58 bits per heavy atom. The highest BCUT2D eigenvalue weighted by atomic mass is 28.4. The van der Waals surface area contributed by atoms with Crippen molar-refractivity contribution in [3.05, 3.63) is 0 Å². The Hall–Kier alpha value is -0.103. The van der Waals surface area contributed by atoms with Gasteiger partial charge in [-0.25, -0.2) is 5.48 Å². The molecule has 0 spiro atoms. The molecule has 0 aromatic heterocycles. The topological polar surface area (TPSA) is 93.4 Å². The van der Waals surface area contributed by atoms with E-state index in [2.05, 4.69) is 5.48 Å². The Bertz CT molecular complexity index is 283. The van der Waals surface area contributed by atoms with Crippen LogP contribution in [0.1, 0.15) is 47.0 Å². The lowest BCUT2D eigenvalue weighted by molar-refractivity contribution is -0.147. The summed E-state index contributed by atoms with van der Waals surface area (Å²) in [5.41, 5.74) is 8.99. The predicted octanol–water partition coefficient (Wildman–Crippen LogP) is 1.56. The molecule has 0 aliphatic rings. The number of hydrogen-bond donors (Lipinski definition) is 2. The van der Waals surface area contributed by atoms with Crippen molar-refractivity contribution in [2.45, 2.75) is 59.3 Å². The maximum Gasteiger partial charge on any atom is 0.681 e. The first-order valence-electron chi connectivity index (χ1n) is 8.80. The maximum absolute atomic E-state index is 6.12. The molecule has 0 radical (unpaired) electrons. The van der Waals surface area contributed by atoms with Crippen molar-refractivity contribution >= 4 is 9.05 Å². The van der Waals surface area contributed by atoms with Gasteiger partial charge in [-0.3, -0.25) is 0 Å². The van der Waals surface area contributed by atoms with Crippen LogP contribution in [-0.4, -0.2) is 61.5 Å². The second-order valence-corrected chi connectivity index (χ2v) is 7.25. The van der Waals surface area contributed by atoms with Gasteiger partial charge >= 0.3 is 9.05 Å². The second-order valence-electron chi connectivity index (χ2n) is 5.03. The molecule has 2 atom stereocenters. The van der Waals surface area contributed by atoms with Crippen LogP contribution in [0, 0.1) is 0 Å². The lowest BCUT2D eigenvalue weighted by Gasteiger charge is -2.30.